The summed E-state index contributed by atoms with van der Waals surface area (Å²) < 4.78 is 0. The predicted octanol–water partition coefficient (Wildman–Crippen LogP) is 3.08. The van der Waals surface area contributed by atoms with Crippen LogP contribution in [-0.4, -0.2) is 21.5 Å². The van der Waals surface area contributed by atoms with Crippen LogP contribution in [0.5, 0.6) is 0 Å². The third-order valence-corrected chi connectivity index (χ3v) is 4.02. The van der Waals surface area contributed by atoms with Crippen molar-refractivity contribution in [2.75, 3.05) is 17.6 Å². The van der Waals surface area contributed by atoms with E-state index in [4.69, 9.17) is 5.73 Å². The van der Waals surface area contributed by atoms with Gasteiger partial charge in [0.25, 0.3) is 0 Å². The number of anilines is 2. The molecule has 0 amide bonds. The van der Waals surface area contributed by atoms with Gasteiger partial charge in [0.05, 0.1) is 10.7 Å². The van der Waals surface area contributed by atoms with E-state index in [-0.39, 0.29) is 5.41 Å². The molecule has 114 valence electrons. The van der Waals surface area contributed by atoms with E-state index in [1.165, 1.54) is 0 Å². The lowest BCUT2D eigenvalue weighted by molar-refractivity contribution is 0.546. The van der Waals surface area contributed by atoms with Crippen molar-refractivity contribution in [3.63, 3.8) is 0 Å². The van der Waals surface area contributed by atoms with E-state index in [0.717, 1.165) is 40.9 Å². The van der Waals surface area contributed by atoms with E-state index in [9.17, 15) is 0 Å². The SMILES string of the molecule is Cc1nc(CCNc2nc(C(C)(C)C)nc(N)c2C)cs1. The average molecular weight is 305 g/mol. The minimum absolute atomic E-state index is 0.121. The molecule has 0 atom stereocenters. The van der Waals surface area contributed by atoms with Crippen LogP contribution in [0, 0.1) is 13.8 Å². The van der Waals surface area contributed by atoms with Gasteiger partial charge >= 0.3 is 0 Å². The van der Waals surface area contributed by atoms with Gasteiger partial charge in [-0.15, -0.1) is 11.3 Å². The number of nitrogens with one attached hydrogen (secondary N) is 1. The maximum absolute atomic E-state index is 6.00. The maximum atomic E-state index is 6.00. The Labute approximate surface area is 130 Å². The molecule has 0 aromatic carbocycles. The fraction of sp³-hybridized carbons (Fsp3) is 0.533. The van der Waals surface area contributed by atoms with E-state index in [2.05, 4.69) is 46.4 Å². The summed E-state index contributed by atoms with van der Waals surface area (Å²) in [4.78, 5) is 13.5. The molecule has 0 spiro atoms. The highest BCUT2D eigenvalue weighted by molar-refractivity contribution is 7.09. The zero-order valence-electron chi connectivity index (χ0n) is 13.3. The van der Waals surface area contributed by atoms with Gasteiger partial charge in [0.1, 0.15) is 17.5 Å². The van der Waals surface area contributed by atoms with E-state index < -0.39 is 0 Å². The molecule has 6 heteroatoms. The van der Waals surface area contributed by atoms with Crippen molar-refractivity contribution in [2.24, 2.45) is 0 Å². The van der Waals surface area contributed by atoms with Gasteiger partial charge in [0.2, 0.25) is 0 Å². The van der Waals surface area contributed by atoms with Crippen LogP contribution < -0.4 is 11.1 Å². The average Bonchev–Trinajstić information content (AvgIpc) is 2.79. The lowest BCUT2D eigenvalue weighted by Gasteiger charge is -2.19. The lowest BCUT2D eigenvalue weighted by atomic mass is 9.95. The standard InChI is InChI=1S/C15H23N5S/c1-9-12(16)19-14(15(3,4)5)20-13(9)17-7-6-11-8-21-10(2)18-11/h8H,6-7H2,1-5H3,(H3,16,17,19,20). The second kappa shape index (κ2) is 5.97. The maximum Gasteiger partial charge on any atom is 0.138 e. The van der Waals surface area contributed by atoms with Crippen molar-refractivity contribution >= 4 is 23.0 Å². The number of aryl methyl sites for hydroxylation is 1. The Hall–Kier alpha value is -1.69. The molecular weight excluding hydrogens is 282 g/mol. The van der Waals surface area contributed by atoms with Crippen LogP contribution in [0.4, 0.5) is 11.6 Å². The normalized spacial score (nSPS) is 11.7. The number of nitrogen functional groups attached to an aromatic ring is 1. The molecule has 5 nitrogen and oxygen atoms in total. The minimum Gasteiger partial charge on any atom is -0.383 e. The first-order chi connectivity index (χ1) is 9.77. The van der Waals surface area contributed by atoms with Crippen LogP contribution in [0.2, 0.25) is 0 Å². The molecule has 0 saturated heterocycles. The van der Waals surface area contributed by atoms with Crippen LogP contribution in [0.15, 0.2) is 5.38 Å². The molecule has 0 unspecified atom stereocenters. The molecule has 0 aliphatic rings. The third-order valence-electron chi connectivity index (χ3n) is 3.19. The molecule has 2 heterocycles. The molecule has 0 bridgehead atoms. The minimum atomic E-state index is -0.121. The summed E-state index contributed by atoms with van der Waals surface area (Å²) in [6.45, 7) is 11.0. The first kappa shape index (κ1) is 15.7. The van der Waals surface area contributed by atoms with E-state index in [0.29, 0.717) is 5.82 Å². The third kappa shape index (κ3) is 3.91. The van der Waals surface area contributed by atoms with Crippen molar-refractivity contribution in [1.82, 2.24) is 15.0 Å². The van der Waals surface area contributed by atoms with Crippen molar-refractivity contribution in [2.45, 2.75) is 46.5 Å². The summed E-state index contributed by atoms with van der Waals surface area (Å²) >= 11 is 1.68. The Morgan fingerprint density at radius 2 is 1.90 bits per heavy atom. The second-order valence-corrected chi connectivity index (χ2v) is 7.25. The lowest BCUT2D eigenvalue weighted by Crippen LogP contribution is -2.20. The molecule has 2 aromatic heterocycles. The summed E-state index contributed by atoms with van der Waals surface area (Å²) in [6.07, 6.45) is 0.874. The van der Waals surface area contributed by atoms with Gasteiger partial charge in [-0.05, 0) is 13.8 Å². The van der Waals surface area contributed by atoms with Crippen LogP contribution >= 0.6 is 11.3 Å². The molecule has 2 aromatic rings. The summed E-state index contributed by atoms with van der Waals surface area (Å²) in [6, 6.07) is 0. The number of rotatable bonds is 4. The molecule has 0 aliphatic heterocycles. The van der Waals surface area contributed by atoms with E-state index >= 15 is 0 Å². The first-order valence-corrected chi connectivity index (χ1v) is 7.95. The Balaban J connectivity index is 2.10. The number of hydrogen-bond donors (Lipinski definition) is 2. The molecule has 2 rings (SSSR count). The number of nitrogens with two attached hydrogens (primary N) is 1. The molecule has 0 saturated carbocycles. The fourth-order valence-corrected chi connectivity index (χ4v) is 2.52. The first-order valence-electron chi connectivity index (χ1n) is 7.07. The highest BCUT2D eigenvalue weighted by Gasteiger charge is 2.20. The molecule has 0 fully saturated rings. The highest BCUT2D eigenvalue weighted by atomic mass is 32.1. The van der Waals surface area contributed by atoms with Crippen molar-refractivity contribution in [1.29, 1.82) is 0 Å². The molecule has 3 N–H and O–H groups in total. The summed E-state index contributed by atoms with van der Waals surface area (Å²) in [7, 11) is 0. The zero-order chi connectivity index (χ0) is 15.6. The topological polar surface area (TPSA) is 76.7 Å². The number of thiazole rings is 1. The van der Waals surface area contributed by atoms with Gasteiger partial charge in [-0.1, -0.05) is 20.8 Å². The highest BCUT2D eigenvalue weighted by Crippen LogP contribution is 2.24. The van der Waals surface area contributed by atoms with E-state index in [1.54, 1.807) is 11.3 Å². The van der Waals surface area contributed by atoms with Crippen molar-refractivity contribution in [3.05, 3.63) is 27.5 Å². The summed E-state index contributed by atoms with van der Waals surface area (Å²) in [5, 5.41) is 6.55. The van der Waals surface area contributed by atoms with Gasteiger partial charge in [0.15, 0.2) is 0 Å². The predicted molar refractivity (Wildman–Crippen MR) is 88.9 cm³/mol. The number of nitrogens with zero attached hydrogens (tertiary/aromatic N) is 3. The van der Waals surface area contributed by atoms with Crippen LogP contribution in [-0.2, 0) is 11.8 Å². The molecule has 0 radical (unpaired) electrons. The Bertz CT molecular complexity index is 627. The molecule has 21 heavy (non-hydrogen) atoms. The monoisotopic (exact) mass is 305 g/mol. The Morgan fingerprint density at radius 1 is 1.19 bits per heavy atom. The Kier molecular flexibility index (Phi) is 4.46. The zero-order valence-corrected chi connectivity index (χ0v) is 14.1. The summed E-state index contributed by atoms with van der Waals surface area (Å²) in [5.74, 6) is 2.12. The van der Waals surface area contributed by atoms with Crippen LogP contribution in [0.3, 0.4) is 0 Å². The van der Waals surface area contributed by atoms with Gasteiger partial charge in [0, 0.05) is 29.3 Å². The quantitative estimate of drug-likeness (QED) is 0.907. The molecular formula is C15H23N5S. The van der Waals surface area contributed by atoms with Crippen LogP contribution in [0.25, 0.3) is 0 Å². The van der Waals surface area contributed by atoms with Gasteiger partial charge in [-0.3, -0.25) is 0 Å². The fourth-order valence-electron chi connectivity index (χ4n) is 1.87. The Morgan fingerprint density at radius 3 is 2.48 bits per heavy atom. The molecule has 0 aliphatic carbocycles. The largest absolute Gasteiger partial charge is 0.383 e. The van der Waals surface area contributed by atoms with Gasteiger partial charge in [-0.2, -0.15) is 0 Å². The van der Waals surface area contributed by atoms with Crippen LogP contribution in [0.1, 0.15) is 42.9 Å². The van der Waals surface area contributed by atoms with Gasteiger partial charge < -0.3 is 11.1 Å². The van der Waals surface area contributed by atoms with Crippen molar-refractivity contribution < 1.29 is 0 Å². The smallest absolute Gasteiger partial charge is 0.138 e. The second-order valence-electron chi connectivity index (χ2n) is 6.19. The number of aromatic nitrogens is 3. The summed E-state index contributed by atoms with van der Waals surface area (Å²) in [5.41, 5.74) is 7.89. The van der Waals surface area contributed by atoms with E-state index in [1.807, 2.05) is 13.8 Å². The van der Waals surface area contributed by atoms with Gasteiger partial charge in [-0.25, -0.2) is 15.0 Å². The van der Waals surface area contributed by atoms with Crippen molar-refractivity contribution in [3.8, 4) is 0 Å². The number of hydrogen-bond acceptors (Lipinski definition) is 6.